The molecule has 4 atom stereocenters. The number of ketones is 3. The first kappa shape index (κ1) is 31.7. The molecule has 6 rings (SSSR count). The molecule has 0 aliphatic heterocycles. The highest BCUT2D eigenvalue weighted by Crippen LogP contribution is 2.65. The fourth-order valence-electron chi connectivity index (χ4n) is 9.20. The van der Waals surface area contributed by atoms with Gasteiger partial charge in [0.15, 0.2) is 17.2 Å². The van der Waals surface area contributed by atoms with E-state index in [1.807, 2.05) is 39.0 Å². The highest BCUT2D eigenvalue weighted by Gasteiger charge is 2.71. The number of carbonyl (C=O) groups is 3. The van der Waals surface area contributed by atoms with E-state index in [2.05, 4.69) is 38.1 Å². The number of aliphatic hydroxyl groups is 3. The molecule has 0 radical (unpaired) electrons. The van der Waals surface area contributed by atoms with Gasteiger partial charge in [-0.3, -0.25) is 14.4 Å². The summed E-state index contributed by atoms with van der Waals surface area (Å²) in [5, 5.41) is 48.9. The molecule has 0 aromatic heterocycles. The lowest BCUT2D eigenvalue weighted by atomic mass is 9.44. The first-order valence-corrected chi connectivity index (χ1v) is 16.1. The highest BCUT2D eigenvalue weighted by molar-refractivity contribution is 6.25. The van der Waals surface area contributed by atoms with E-state index in [0.717, 1.165) is 35.2 Å². The summed E-state index contributed by atoms with van der Waals surface area (Å²) in [6, 6.07) is 15.6. The predicted octanol–water partition coefficient (Wildman–Crippen LogP) is 7.37. The number of allylic oxidation sites excluding steroid dienone is 2. The van der Waals surface area contributed by atoms with Crippen LogP contribution in [0.15, 0.2) is 71.2 Å². The Morgan fingerprint density at radius 3 is 2.15 bits per heavy atom. The average Bonchev–Trinajstić information content (AvgIpc) is 2.95. The molecule has 0 saturated carbocycles. The summed E-state index contributed by atoms with van der Waals surface area (Å²) in [7, 11) is 0. The minimum Gasteiger partial charge on any atom is -0.511 e. The number of hydrogen-bond acceptors (Lipinski definition) is 7. The molecule has 0 saturated heterocycles. The minimum atomic E-state index is -2.63. The Balaban J connectivity index is 1.61. The Bertz CT molecular complexity index is 1930. The quantitative estimate of drug-likeness (QED) is 0.219. The number of carbonyl (C=O) groups excluding carboxylic acids is 3. The molecule has 3 aliphatic rings. The first-order chi connectivity index (χ1) is 21.5. The van der Waals surface area contributed by atoms with E-state index in [9.17, 15) is 34.8 Å². The number of aromatic hydroxyl groups is 1. The molecule has 0 spiro atoms. The minimum absolute atomic E-state index is 0.0212. The molecule has 0 amide bonds. The van der Waals surface area contributed by atoms with Crippen molar-refractivity contribution in [2.24, 2.45) is 28.6 Å². The van der Waals surface area contributed by atoms with Gasteiger partial charge in [0.1, 0.15) is 22.8 Å². The fourth-order valence-corrected chi connectivity index (χ4v) is 9.20. The average molecular weight is 623 g/mol. The molecular formula is C39H42O7. The molecule has 240 valence electrons. The molecule has 3 aliphatic carbocycles. The number of hydrogen-bond donors (Lipinski definition) is 4. The van der Waals surface area contributed by atoms with E-state index in [1.165, 1.54) is 11.6 Å². The molecule has 1 unspecified atom stereocenters. The molecule has 0 bridgehead atoms. The van der Waals surface area contributed by atoms with Crippen LogP contribution in [0.5, 0.6) is 5.75 Å². The van der Waals surface area contributed by atoms with Gasteiger partial charge < -0.3 is 20.4 Å². The Hall–Kier alpha value is -4.23. The van der Waals surface area contributed by atoms with Crippen molar-refractivity contribution in [3.05, 3.63) is 87.9 Å². The summed E-state index contributed by atoms with van der Waals surface area (Å²) in [5.74, 6) is -4.73. The maximum Gasteiger partial charge on any atom is 0.209 e. The molecule has 0 heterocycles. The third-order valence-corrected chi connectivity index (χ3v) is 10.8. The van der Waals surface area contributed by atoms with Crippen molar-refractivity contribution in [1.82, 2.24) is 0 Å². The van der Waals surface area contributed by atoms with Crippen LogP contribution in [0.2, 0.25) is 0 Å². The van der Waals surface area contributed by atoms with Crippen LogP contribution >= 0.6 is 0 Å². The number of Topliss-reactive ketones (excluding diaryl/α,β-unsaturated/α-hetero) is 3. The SMILES string of the molecule is CC(=O)C1=C(O)C(C(C)C)[C@@]2(C)C[C@@]3(C)Cc4c(-c5ccc(CC(C)C)c6ccccc56)ccc(O)c4C(=O)C3=C(O)[C@@]2(O)C1=O. The van der Waals surface area contributed by atoms with Gasteiger partial charge in [-0.25, -0.2) is 0 Å². The van der Waals surface area contributed by atoms with Crippen molar-refractivity contribution in [1.29, 1.82) is 0 Å². The van der Waals surface area contributed by atoms with Crippen LogP contribution in [-0.4, -0.2) is 43.4 Å². The zero-order valence-corrected chi connectivity index (χ0v) is 27.5. The second-order valence-corrected chi connectivity index (χ2v) is 14.9. The molecule has 7 heteroatoms. The Morgan fingerprint density at radius 1 is 0.913 bits per heavy atom. The van der Waals surface area contributed by atoms with Gasteiger partial charge in [-0.2, -0.15) is 0 Å². The van der Waals surface area contributed by atoms with E-state index in [4.69, 9.17) is 0 Å². The van der Waals surface area contributed by atoms with Crippen molar-refractivity contribution >= 4 is 28.1 Å². The summed E-state index contributed by atoms with van der Waals surface area (Å²) >= 11 is 0. The molecule has 46 heavy (non-hydrogen) atoms. The van der Waals surface area contributed by atoms with Crippen molar-refractivity contribution in [3.63, 3.8) is 0 Å². The van der Waals surface area contributed by atoms with E-state index in [1.54, 1.807) is 6.92 Å². The standard InChI is InChI=1S/C39H42O7/c1-19(2)16-22-12-13-25(24-11-9-8-10-23(22)24)26-14-15-28(41)30-27(26)17-37(6)18-38(7)31(20(3)4)33(42)29(21(5)40)35(44)39(38,46)36(45)32(37)34(30)43/h8-15,19-20,31,41-42,45-46H,16-18H2,1-7H3/t31?,37-,38-,39+/m1/s1. The lowest BCUT2D eigenvalue weighted by Crippen LogP contribution is -2.67. The van der Waals surface area contributed by atoms with Crippen molar-refractivity contribution < 1.29 is 34.8 Å². The van der Waals surface area contributed by atoms with Gasteiger partial charge in [0.2, 0.25) is 5.78 Å². The maximum atomic E-state index is 14.5. The van der Waals surface area contributed by atoms with Gasteiger partial charge in [0, 0.05) is 22.3 Å². The second kappa shape index (κ2) is 10.4. The summed E-state index contributed by atoms with van der Waals surface area (Å²) in [6.45, 7) is 12.6. The largest absolute Gasteiger partial charge is 0.511 e. The Morgan fingerprint density at radius 2 is 1.54 bits per heavy atom. The number of aliphatic hydroxyl groups excluding tert-OH is 2. The third-order valence-electron chi connectivity index (χ3n) is 10.8. The van der Waals surface area contributed by atoms with Gasteiger partial charge in [-0.15, -0.1) is 0 Å². The van der Waals surface area contributed by atoms with Crippen LogP contribution in [0, 0.1) is 28.6 Å². The van der Waals surface area contributed by atoms with Crippen LogP contribution in [0.3, 0.4) is 0 Å². The molecule has 3 aromatic carbocycles. The van der Waals surface area contributed by atoms with Crippen LogP contribution in [-0.2, 0) is 22.4 Å². The molecule has 0 fully saturated rings. The fraction of sp³-hybridized carbons (Fsp3) is 0.410. The number of benzene rings is 3. The summed E-state index contributed by atoms with van der Waals surface area (Å²) in [5.41, 5.74) is -2.35. The summed E-state index contributed by atoms with van der Waals surface area (Å²) < 4.78 is 0. The van der Waals surface area contributed by atoms with Gasteiger partial charge in [-0.1, -0.05) is 84.0 Å². The lowest BCUT2D eigenvalue weighted by molar-refractivity contribution is -0.171. The van der Waals surface area contributed by atoms with E-state index < -0.39 is 56.8 Å². The topological polar surface area (TPSA) is 132 Å². The maximum absolute atomic E-state index is 14.5. The van der Waals surface area contributed by atoms with Gasteiger partial charge in [0.25, 0.3) is 0 Å². The van der Waals surface area contributed by atoms with Crippen molar-refractivity contribution in [2.45, 2.75) is 73.3 Å². The summed E-state index contributed by atoms with van der Waals surface area (Å²) in [4.78, 5) is 41.1. The highest BCUT2D eigenvalue weighted by atomic mass is 16.3. The number of rotatable bonds is 5. The summed E-state index contributed by atoms with van der Waals surface area (Å²) in [6.07, 6.45) is 1.17. The third kappa shape index (κ3) is 4.10. The van der Waals surface area contributed by atoms with Crippen LogP contribution in [0.1, 0.15) is 76.4 Å². The van der Waals surface area contributed by atoms with Crippen LogP contribution < -0.4 is 0 Å². The number of phenolic OH excluding ortho intramolecular Hbond substituents is 1. The van der Waals surface area contributed by atoms with Crippen LogP contribution in [0.25, 0.3) is 21.9 Å². The smallest absolute Gasteiger partial charge is 0.209 e. The van der Waals surface area contributed by atoms with E-state index in [-0.39, 0.29) is 35.6 Å². The van der Waals surface area contributed by atoms with E-state index >= 15 is 0 Å². The number of phenols is 1. The first-order valence-electron chi connectivity index (χ1n) is 16.1. The van der Waals surface area contributed by atoms with Gasteiger partial charge in [-0.05, 0) is 77.1 Å². The van der Waals surface area contributed by atoms with Crippen molar-refractivity contribution in [2.75, 3.05) is 0 Å². The molecule has 3 aromatic rings. The zero-order valence-electron chi connectivity index (χ0n) is 27.5. The number of fused-ring (bicyclic) bond motifs is 4. The predicted molar refractivity (Wildman–Crippen MR) is 177 cm³/mol. The molecular weight excluding hydrogens is 580 g/mol. The molecule has 7 nitrogen and oxygen atoms in total. The van der Waals surface area contributed by atoms with Gasteiger partial charge in [0.05, 0.1) is 5.56 Å². The van der Waals surface area contributed by atoms with Crippen LogP contribution in [0.4, 0.5) is 0 Å². The van der Waals surface area contributed by atoms with Gasteiger partial charge >= 0.3 is 0 Å². The Kier molecular flexibility index (Phi) is 7.17. The van der Waals surface area contributed by atoms with E-state index in [0.29, 0.717) is 11.5 Å². The normalized spacial score (nSPS) is 27.7. The van der Waals surface area contributed by atoms with Crippen molar-refractivity contribution in [3.8, 4) is 16.9 Å². The monoisotopic (exact) mass is 622 g/mol. The zero-order chi connectivity index (χ0) is 33.7. The lowest BCUT2D eigenvalue weighted by Gasteiger charge is -2.59. The molecule has 4 N–H and O–H groups in total. The second-order valence-electron chi connectivity index (χ2n) is 14.9. The Labute approximate surface area is 269 Å².